The summed E-state index contributed by atoms with van der Waals surface area (Å²) in [6.07, 6.45) is 2.30. The Morgan fingerprint density at radius 2 is 2.17 bits per heavy atom. The summed E-state index contributed by atoms with van der Waals surface area (Å²) in [5.41, 5.74) is 5.72. The third kappa shape index (κ3) is 3.96. The molecule has 0 saturated carbocycles. The van der Waals surface area contributed by atoms with Gasteiger partial charge in [-0.1, -0.05) is 30.4 Å². The van der Waals surface area contributed by atoms with Crippen molar-refractivity contribution in [3.8, 4) is 5.75 Å². The summed E-state index contributed by atoms with van der Waals surface area (Å²) >= 11 is 5.08. The van der Waals surface area contributed by atoms with E-state index in [4.69, 9.17) is 22.7 Å². The summed E-state index contributed by atoms with van der Waals surface area (Å²) in [7, 11) is 0. The molecule has 1 atom stereocenters. The van der Waals surface area contributed by atoms with Crippen molar-refractivity contribution in [3.05, 3.63) is 30.3 Å². The molecule has 1 aromatic rings. The Bertz CT molecular complexity index is 383. The number of piperidine rings is 1. The topological polar surface area (TPSA) is 38.5 Å². The van der Waals surface area contributed by atoms with Crippen molar-refractivity contribution in [1.29, 1.82) is 0 Å². The second-order valence-corrected chi connectivity index (χ2v) is 5.18. The van der Waals surface area contributed by atoms with E-state index < -0.39 is 0 Å². The lowest BCUT2D eigenvalue weighted by Crippen LogP contribution is -2.42. The lowest BCUT2D eigenvalue weighted by Gasteiger charge is -2.31. The van der Waals surface area contributed by atoms with Crippen LogP contribution in [0.3, 0.4) is 0 Å². The number of para-hydroxylation sites is 1. The Labute approximate surface area is 114 Å². The van der Waals surface area contributed by atoms with Crippen LogP contribution in [0.2, 0.25) is 0 Å². The second kappa shape index (κ2) is 6.71. The largest absolute Gasteiger partial charge is 0.492 e. The molecule has 1 aromatic carbocycles. The van der Waals surface area contributed by atoms with Crippen LogP contribution in [0.25, 0.3) is 0 Å². The summed E-state index contributed by atoms with van der Waals surface area (Å²) in [6, 6.07) is 9.92. The molecule has 18 heavy (non-hydrogen) atoms. The monoisotopic (exact) mass is 264 g/mol. The molecular weight excluding hydrogens is 244 g/mol. The van der Waals surface area contributed by atoms with E-state index in [1.165, 1.54) is 6.42 Å². The van der Waals surface area contributed by atoms with Gasteiger partial charge in [-0.3, -0.25) is 4.90 Å². The Hall–Kier alpha value is -1.13. The number of thiocarbonyl (C=S) groups is 1. The number of hydrogen-bond acceptors (Lipinski definition) is 3. The van der Waals surface area contributed by atoms with Gasteiger partial charge in [0.25, 0.3) is 0 Å². The smallest absolute Gasteiger partial charge is 0.119 e. The van der Waals surface area contributed by atoms with Crippen LogP contribution in [0, 0.1) is 5.92 Å². The van der Waals surface area contributed by atoms with Gasteiger partial charge < -0.3 is 10.5 Å². The fourth-order valence-corrected chi connectivity index (χ4v) is 2.49. The highest BCUT2D eigenvalue weighted by Gasteiger charge is 2.21. The molecule has 0 radical (unpaired) electrons. The van der Waals surface area contributed by atoms with E-state index in [0.29, 0.717) is 17.5 Å². The standard InChI is InChI=1S/C14H20N2OS/c15-14(18)12-5-4-8-16(11-12)9-10-17-13-6-2-1-3-7-13/h1-3,6-7,12H,4-5,8-11H2,(H2,15,18). The van der Waals surface area contributed by atoms with Gasteiger partial charge in [-0.05, 0) is 31.5 Å². The Balaban J connectivity index is 1.72. The van der Waals surface area contributed by atoms with Crippen molar-refractivity contribution in [1.82, 2.24) is 4.90 Å². The molecule has 1 aliphatic heterocycles. The molecule has 1 unspecified atom stereocenters. The molecule has 1 saturated heterocycles. The van der Waals surface area contributed by atoms with Crippen molar-refractivity contribution in [2.24, 2.45) is 11.7 Å². The Morgan fingerprint density at radius 3 is 2.89 bits per heavy atom. The minimum absolute atomic E-state index is 0.380. The van der Waals surface area contributed by atoms with Crippen LogP contribution in [0.5, 0.6) is 5.75 Å². The van der Waals surface area contributed by atoms with Crippen LogP contribution in [0.15, 0.2) is 30.3 Å². The first kappa shape index (κ1) is 13.3. The molecule has 1 heterocycles. The highest BCUT2D eigenvalue weighted by Crippen LogP contribution is 2.16. The van der Waals surface area contributed by atoms with Crippen LogP contribution in [-0.4, -0.2) is 36.1 Å². The van der Waals surface area contributed by atoms with Crippen LogP contribution >= 0.6 is 12.2 Å². The molecule has 0 spiro atoms. The predicted molar refractivity (Wildman–Crippen MR) is 77.9 cm³/mol. The van der Waals surface area contributed by atoms with Gasteiger partial charge in [0.2, 0.25) is 0 Å². The van der Waals surface area contributed by atoms with Gasteiger partial charge in [-0.2, -0.15) is 0 Å². The van der Waals surface area contributed by atoms with E-state index in [0.717, 1.165) is 31.8 Å². The summed E-state index contributed by atoms with van der Waals surface area (Å²) in [5, 5.41) is 0. The lowest BCUT2D eigenvalue weighted by atomic mass is 9.98. The molecular formula is C14H20N2OS. The zero-order valence-corrected chi connectivity index (χ0v) is 11.4. The summed E-state index contributed by atoms with van der Waals surface area (Å²) in [5.74, 6) is 1.31. The van der Waals surface area contributed by atoms with Crippen molar-refractivity contribution in [3.63, 3.8) is 0 Å². The number of ether oxygens (including phenoxy) is 1. The van der Waals surface area contributed by atoms with Crippen LogP contribution in [0.4, 0.5) is 0 Å². The van der Waals surface area contributed by atoms with E-state index in [9.17, 15) is 0 Å². The second-order valence-electron chi connectivity index (χ2n) is 4.70. The minimum Gasteiger partial charge on any atom is -0.492 e. The Kier molecular flexibility index (Phi) is 4.96. The first-order valence-corrected chi connectivity index (χ1v) is 6.86. The van der Waals surface area contributed by atoms with Gasteiger partial charge in [-0.15, -0.1) is 0 Å². The average Bonchev–Trinajstić information content (AvgIpc) is 2.40. The molecule has 98 valence electrons. The molecule has 0 amide bonds. The van der Waals surface area contributed by atoms with Crippen LogP contribution in [0.1, 0.15) is 12.8 Å². The number of nitrogens with two attached hydrogens (primary N) is 1. The molecule has 2 N–H and O–H groups in total. The summed E-state index contributed by atoms with van der Waals surface area (Å²) < 4.78 is 5.70. The zero-order chi connectivity index (χ0) is 12.8. The van der Waals surface area contributed by atoms with Gasteiger partial charge in [0.05, 0.1) is 4.99 Å². The first-order valence-electron chi connectivity index (χ1n) is 6.45. The van der Waals surface area contributed by atoms with Gasteiger partial charge in [-0.25, -0.2) is 0 Å². The van der Waals surface area contributed by atoms with Crippen LogP contribution < -0.4 is 10.5 Å². The molecule has 1 fully saturated rings. The normalized spacial score (nSPS) is 20.6. The van der Waals surface area contributed by atoms with E-state index in [2.05, 4.69) is 4.90 Å². The van der Waals surface area contributed by atoms with Gasteiger partial charge in [0, 0.05) is 19.0 Å². The Morgan fingerprint density at radius 1 is 1.39 bits per heavy atom. The molecule has 0 bridgehead atoms. The number of benzene rings is 1. The van der Waals surface area contributed by atoms with Gasteiger partial charge in [0.15, 0.2) is 0 Å². The predicted octanol–water partition coefficient (Wildman–Crippen LogP) is 2.06. The van der Waals surface area contributed by atoms with E-state index in [1.54, 1.807) is 0 Å². The minimum atomic E-state index is 0.380. The molecule has 0 aromatic heterocycles. The van der Waals surface area contributed by atoms with Gasteiger partial charge >= 0.3 is 0 Å². The number of nitrogens with zero attached hydrogens (tertiary/aromatic N) is 1. The zero-order valence-electron chi connectivity index (χ0n) is 10.5. The third-order valence-electron chi connectivity index (χ3n) is 3.33. The highest BCUT2D eigenvalue weighted by atomic mass is 32.1. The molecule has 3 nitrogen and oxygen atoms in total. The lowest BCUT2D eigenvalue weighted by molar-refractivity contribution is 0.168. The maximum Gasteiger partial charge on any atom is 0.119 e. The fraction of sp³-hybridized carbons (Fsp3) is 0.500. The average molecular weight is 264 g/mol. The highest BCUT2D eigenvalue weighted by molar-refractivity contribution is 7.80. The van der Waals surface area contributed by atoms with E-state index in [1.807, 2.05) is 30.3 Å². The SMILES string of the molecule is NC(=S)C1CCCN(CCOc2ccccc2)C1. The van der Waals surface area contributed by atoms with Crippen molar-refractivity contribution >= 4 is 17.2 Å². The number of likely N-dealkylation sites (tertiary alicyclic amines) is 1. The first-order chi connectivity index (χ1) is 8.75. The maximum atomic E-state index is 5.72. The number of hydrogen-bond donors (Lipinski definition) is 1. The molecule has 1 aliphatic rings. The quantitative estimate of drug-likeness (QED) is 0.826. The van der Waals surface area contributed by atoms with E-state index in [-0.39, 0.29) is 0 Å². The maximum absolute atomic E-state index is 5.72. The summed E-state index contributed by atoms with van der Waals surface area (Å²) in [6.45, 7) is 3.76. The van der Waals surface area contributed by atoms with Crippen molar-refractivity contribution in [2.45, 2.75) is 12.8 Å². The molecule has 0 aliphatic carbocycles. The van der Waals surface area contributed by atoms with Gasteiger partial charge in [0.1, 0.15) is 12.4 Å². The fourth-order valence-electron chi connectivity index (χ4n) is 2.30. The molecule has 4 heteroatoms. The van der Waals surface area contributed by atoms with Crippen molar-refractivity contribution < 1.29 is 4.74 Å². The van der Waals surface area contributed by atoms with E-state index >= 15 is 0 Å². The molecule has 2 rings (SSSR count). The van der Waals surface area contributed by atoms with Crippen LogP contribution in [-0.2, 0) is 0 Å². The summed E-state index contributed by atoms with van der Waals surface area (Å²) in [4.78, 5) is 3.04. The third-order valence-corrected chi connectivity index (χ3v) is 3.66. The van der Waals surface area contributed by atoms with Crippen molar-refractivity contribution in [2.75, 3.05) is 26.2 Å². The number of rotatable bonds is 5.